The molecular weight excluding hydrogens is 448 g/mol. The number of benzene rings is 4. The van der Waals surface area contributed by atoms with Crippen molar-refractivity contribution in [3.63, 3.8) is 0 Å². The fraction of sp³-hybridized carbons (Fsp3) is 0. The second-order valence-electron chi connectivity index (χ2n) is 8.05. The molecule has 0 saturated carbocycles. The van der Waals surface area contributed by atoms with E-state index in [1.54, 1.807) is 0 Å². The summed E-state index contributed by atoms with van der Waals surface area (Å²) in [4.78, 5) is 0. The van der Waals surface area contributed by atoms with Gasteiger partial charge in [-0.2, -0.15) is 0 Å². The molecule has 0 aliphatic rings. The van der Waals surface area contributed by atoms with Gasteiger partial charge in [0.05, 0.1) is 5.69 Å². The van der Waals surface area contributed by atoms with E-state index in [-0.39, 0.29) is 0 Å². The molecule has 3 heterocycles. The standard InChI is InChI=1S/C28H15ClN2OS/c29-18-11-12-22-24(14-18)32-25-15-23(30-31-27(22)25)17-6-3-5-16(13-17)19-8-4-9-21-20-7-1-2-10-26(20)33-28(19)21/h1-15H. The van der Waals surface area contributed by atoms with Crippen LogP contribution in [0.1, 0.15) is 0 Å². The zero-order valence-corrected chi connectivity index (χ0v) is 18.8. The normalized spacial score (nSPS) is 11.8. The Morgan fingerprint density at radius 2 is 1.52 bits per heavy atom. The van der Waals surface area contributed by atoms with E-state index in [1.807, 2.05) is 35.6 Å². The van der Waals surface area contributed by atoms with Crippen molar-refractivity contribution in [2.45, 2.75) is 0 Å². The third-order valence-corrected chi connectivity index (χ3v) is 7.51. The molecule has 0 aliphatic carbocycles. The van der Waals surface area contributed by atoms with Crippen LogP contribution >= 0.6 is 22.9 Å². The lowest BCUT2D eigenvalue weighted by molar-refractivity contribution is 0.667. The maximum absolute atomic E-state index is 6.12. The molecule has 7 aromatic rings. The number of hydrogen-bond donors (Lipinski definition) is 0. The molecule has 0 atom stereocenters. The van der Waals surface area contributed by atoms with Crippen LogP contribution in [0.5, 0.6) is 0 Å². The Bertz CT molecular complexity index is 1850. The zero-order valence-electron chi connectivity index (χ0n) is 17.2. The fourth-order valence-corrected chi connectivity index (χ4v) is 5.90. The lowest BCUT2D eigenvalue weighted by Crippen LogP contribution is -1.88. The smallest absolute Gasteiger partial charge is 0.157 e. The largest absolute Gasteiger partial charge is 0.454 e. The molecule has 4 aromatic carbocycles. The van der Waals surface area contributed by atoms with Crippen molar-refractivity contribution < 1.29 is 4.42 Å². The van der Waals surface area contributed by atoms with E-state index in [2.05, 4.69) is 76.9 Å². The average molecular weight is 463 g/mol. The van der Waals surface area contributed by atoms with Crippen LogP contribution in [0, 0.1) is 0 Å². The maximum Gasteiger partial charge on any atom is 0.157 e. The molecule has 3 aromatic heterocycles. The Morgan fingerprint density at radius 3 is 2.48 bits per heavy atom. The number of furan rings is 1. The first-order valence-electron chi connectivity index (χ1n) is 10.6. The van der Waals surface area contributed by atoms with Crippen LogP contribution < -0.4 is 0 Å². The Morgan fingerprint density at radius 1 is 0.667 bits per heavy atom. The van der Waals surface area contributed by atoms with Crippen molar-refractivity contribution in [3.05, 3.63) is 96.0 Å². The van der Waals surface area contributed by atoms with E-state index in [0.29, 0.717) is 16.2 Å². The highest BCUT2D eigenvalue weighted by Crippen LogP contribution is 2.40. The van der Waals surface area contributed by atoms with E-state index in [9.17, 15) is 0 Å². The monoisotopic (exact) mass is 462 g/mol. The van der Waals surface area contributed by atoms with Gasteiger partial charge in [-0.25, -0.2) is 0 Å². The minimum absolute atomic E-state index is 0.637. The number of rotatable bonds is 2. The number of nitrogens with zero attached hydrogens (tertiary/aromatic N) is 2. The Balaban J connectivity index is 1.38. The number of aromatic nitrogens is 2. The van der Waals surface area contributed by atoms with Crippen molar-refractivity contribution in [1.29, 1.82) is 0 Å². The third kappa shape index (κ3) is 2.95. The summed E-state index contributed by atoms with van der Waals surface area (Å²) in [6.45, 7) is 0. The molecule has 0 unspecified atom stereocenters. The lowest BCUT2D eigenvalue weighted by Gasteiger charge is -2.06. The predicted molar refractivity (Wildman–Crippen MR) is 138 cm³/mol. The van der Waals surface area contributed by atoms with Gasteiger partial charge < -0.3 is 4.42 Å². The summed E-state index contributed by atoms with van der Waals surface area (Å²) in [5, 5.41) is 13.1. The molecule has 0 saturated heterocycles. The topological polar surface area (TPSA) is 38.9 Å². The van der Waals surface area contributed by atoms with E-state index in [1.165, 1.54) is 25.7 Å². The highest BCUT2D eigenvalue weighted by molar-refractivity contribution is 7.26. The second-order valence-corrected chi connectivity index (χ2v) is 9.53. The average Bonchev–Trinajstić information content (AvgIpc) is 3.41. The van der Waals surface area contributed by atoms with E-state index in [0.717, 1.165) is 27.7 Å². The van der Waals surface area contributed by atoms with E-state index >= 15 is 0 Å². The van der Waals surface area contributed by atoms with Gasteiger partial charge in [0, 0.05) is 48.3 Å². The highest BCUT2D eigenvalue weighted by atomic mass is 35.5. The molecule has 0 amide bonds. The molecule has 3 nitrogen and oxygen atoms in total. The molecule has 0 aliphatic heterocycles. The number of hydrogen-bond acceptors (Lipinski definition) is 4. The molecule has 7 rings (SSSR count). The first kappa shape index (κ1) is 18.8. The molecule has 33 heavy (non-hydrogen) atoms. The van der Waals surface area contributed by atoms with Gasteiger partial charge in [-0.3, -0.25) is 0 Å². The lowest BCUT2D eigenvalue weighted by atomic mass is 10.00. The maximum atomic E-state index is 6.12. The summed E-state index contributed by atoms with van der Waals surface area (Å²) < 4.78 is 8.62. The fourth-order valence-electron chi connectivity index (χ4n) is 4.50. The van der Waals surface area contributed by atoms with Crippen LogP contribution in [-0.2, 0) is 0 Å². The molecule has 0 spiro atoms. The Hall–Kier alpha value is -3.73. The van der Waals surface area contributed by atoms with Crippen molar-refractivity contribution in [2.24, 2.45) is 0 Å². The predicted octanol–water partition coefficient (Wildman–Crippen LogP) is 8.73. The Labute approximate surface area is 197 Å². The van der Waals surface area contributed by atoms with Crippen molar-refractivity contribution >= 4 is 65.2 Å². The van der Waals surface area contributed by atoms with Gasteiger partial charge in [0.15, 0.2) is 5.58 Å². The molecular formula is C28H15ClN2OS. The summed E-state index contributed by atoms with van der Waals surface area (Å²) in [5.74, 6) is 0. The molecule has 0 N–H and O–H groups in total. The molecule has 0 bridgehead atoms. The van der Waals surface area contributed by atoms with Crippen molar-refractivity contribution in [2.75, 3.05) is 0 Å². The molecule has 5 heteroatoms. The summed E-state index contributed by atoms with van der Waals surface area (Å²) in [6.07, 6.45) is 0. The Kier molecular flexibility index (Phi) is 4.07. The summed E-state index contributed by atoms with van der Waals surface area (Å²) >= 11 is 7.96. The SMILES string of the molecule is Clc1ccc2c(c1)oc1cc(-c3cccc(-c4cccc5c4sc4ccccc45)c3)nnc12. The summed E-state index contributed by atoms with van der Waals surface area (Å²) in [6, 6.07) is 31.1. The number of thiophene rings is 1. The first-order chi connectivity index (χ1) is 16.2. The van der Waals surface area contributed by atoms with Gasteiger partial charge >= 0.3 is 0 Å². The van der Waals surface area contributed by atoms with Crippen LogP contribution in [-0.4, -0.2) is 10.2 Å². The summed E-state index contributed by atoms with van der Waals surface area (Å²) in [7, 11) is 0. The van der Waals surface area contributed by atoms with Crippen LogP contribution in [0.2, 0.25) is 5.02 Å². The van der Waals surface area contributed by atoms with Gasteiger partial charge in [-0.15, -0.1) is 21.5 Å². The van der Waals surface area contributed by atoms with E-state index < -0.39 is 0 Å². The van der Waals surface area contributed by atoms with Crippen LogP contribution in [0.15, 0.2) is 95.4 Å². The van der Waals surface area contributed by atoms with Crippen molar-refractivity contribution in [1.82, 2.24) is 10.2 Å². The minimum atomic E-state index is 0.637. The molecule has 0 radical (unpaired) electrons. The number of halogens is 1. The highest BCUT2D eigenvalue weighted by Gasteiger charge is 2.14. The van der Waals surface area contributed by atoms with Crippen LogP contribution in [0.25, 0.3) is 64.6 Å². The van der Waals surface area contributed by atoms with Crippen molar-refractivity contribution in [3.8, 4) is 22.4 Å². The second kappa shape index (κ2) is 7.14. The van der Waals surface area contributed by atoms with Gasteiger partial charge in [-0.05, 0) is 35.4 Å². The van der Waals surface area contributed by atoms with Gasteiger partial charge in [0.2, 0.25) is 0 Å². The quantitative estimate of drug-likeness (QED) is 0.258. The van der Waals surface area contributed by atoms with Crippen LogP contribution in [0.4, 0.5) is 0 Å². The molecule has 156 valence electrons. The van der Waals surface area contributed by atoms with Gasteiger partial charge in [0.25, 0.3) is 0 Å². The first-order valence-corrected chi connectivity index (χ1v) is 11.8. The zero-order chi connectivity index (χ0) is 21.9. The van der Waals surface area contributed by atoms with Gasteiger partial charge in [-0.1, -0.05) is 66.2 Å². The van der Waals surface area contributed by atoms with E-state index in [4.69, 9.17) is 16.0 Å². The minimum Gasteiger partial charge on any atom is -0.454 e. The third-order valence-electron chi connectivity index (χ3n) is 6.05. The number of fused-ring (bicyclic) bond motifs is 6. The van der Waals surface area contributed by atoms with Gasteiger partial charge in [0.1, 0.15) is 11.1 Å². The molecule has 0 fully saturated rings. The van der Waals surface area contributed by atoms with Crippen LogP contribution in [0.3, 0.4) is 0 Å². The summed E-state index contributed by atoms with van der Waals surface area (Å²) in [5.41, 5.74) is 6.32.